The maximum atomic E-state index is 12.1. The summed E-state index contributed by atoms with van der Waals surface area (Å²) in [6, 6.07) is 0.206. The smallest absolute Gasteiger partial charge is 0.320 e. The molecule has 0 saturated carbocycles. The summed E-state index contributed by atoms with van der Waals surface area (Å²) in [5.74, 6) is 0. The quantitative estimate of drug-likeness (QED) is 0.634. The molecule has 3 heteroatoms. The van der Waals surface area contributed by atoms with E-state index in [4.69, 9.17) is 0 Å². The number of carbonyl (C=O) groups is 1. The minimum Gasteiger partial charge on any atom is -0.325 e. The molecule has 1 aliphatic rings. The van der Waals surface area contributed by atoms with Crippen molar-refractivity contribution in [3.63, 3.8) is 0 Å². The minimum atomic E-state index is -0.0611. The lowest BCUT2D eigenvalue weighted by atomic mass is 10.1. The van der Waals surface area contributed by atoms with Gasteiger partial charge in [0.15, 0.2) is 0 Å². The van der Waals surface area contributed by atoms with Gasteiger partial charge in [0.25, 0.3) is 0 Å². The van der Waals surface area contributed by atoms with Crippen LogP contribution in [0.3, 0.4) is 0 Å². The Bertz CT molecular complexity index is 202. The molecule has 0 radical (unpaired) electrons. The molecule has 1 saturated heterocycles. The van der Waals surface area contributed by atoms with Crippen molar-refractivity contribution >= 4 is 6.03 Å². The summed E-state index contributed by atoms with van der Waals surface area (Å²) in [4.78, 5) is 16.0. The Labute approximate surface area is 87.1 Å². The zero-order chi connectivity index (χ0) is 10.8. The van der Waals surface area contributed by atoms with E-state index in [1.807, 2.05) is 16.7 Å². The average Bonchev–Trinajstić information content (AvgIpc) is 2.53. The van der Waals surface area contributed by atoms with Gasteiger partial charge in [-0.2, -0.15) is 0 Å². The third-order valence-corrected chi connectivity index (χ3v) is 2.73. The number of rotatable bonds is 1. The number of urea groups is 1. The summed E-state index contributed by atoms with van der Waals surface area (Å²) in [5.41, 5.74) is -0.0611. The molecule has 0 aromatic heterocycles. The van der Waals surface area contributed by atoms with E-state index in [0.717, 1.165) is 32.5 Å². The molecule has 0 bridgehead atoms. The number of amides is 2. The maximum Gasteiger partial charge on any atom is 0.320 e. The molecule has 0 aromatic carbocycles. The van der Waals surface area contributed by atoms with Crippen molar-refractivity contribution < 1.29 is 4.79 Å². The molecule has 0 atom stereocenters. The molecule has 1 heterocycles. The zero-order valence-electron chi connectivity index (χ0n) is 9.84. The highest BCUT2D eigenvalue weighted by Crippen LogP contribution is 2.18. The summed E-state index contributed by atoms with van der Waals surface area (Å²) < 4.78 is 0. The Morgan fingerprint density at radius 1 is 1.29 bits per heavy atom. The molecule has 1 rings (SSSR count). The lowest BCUT2D eigenvalue weighted by Crippen LogP contribution is -2.51. The van der Waals surface area contributed by atoms with Gasteiger partial charge in [0, 0.05) is 25.2 Å². The van der Waals surface area contributed by atoms with E-state index < -0.39 is 0 Å². The summed E-state index contributed by atoms with van der Waals surface area (Å²) in [6.45, 7) is 11.0. The van der Waals surface area contributed by atoms with E-state index in [0.29, 0.717) is 0 Å². The van der Waals surface area contributed by atoms with Crippen molar-refractivity contribution in [2.45, 2.75) is 46.1 Å². The first kappa shape index (κ1) is 11.3. The van der Waals surface area contributed by atoms with Crippen LogP contribution in [0.1, 0.15) is 40.5 Å². The van der Waals surface area contributed by atoms with E-state index >= 15 is 0 Å². The van der Waals surface area contributed by atoms with E-state index in [1.165, 1.54) is 0 Å². The van der Waals surface area contributed by atoms with Gasteiger partial charge >= 0.3 is 6.03 Å². The van der Waals surface area contributed by atoms with Crippen LogP contribution in [0.4, 0.5) is 4.79 Å². The second kappa shape index (κ2) is 4.20. The molecular weight excluding hydrogens is 176 g/mol. The minimum absolute atomic E-state index is 0.0611. The first-order valence-electron chi connectivity index (χ1n) is 5.53. The molecule has 0 aliphatic carbocycles. The topological polar surface area (TPSA) is 23.6 Å². The molecule has 1 fully saturated rings. The largest absolute Gasteiger partial charge is 0.325 e. The van der Waals surface area contributed by atoms with Crippen LogP contribution in [-0.4, -0.2) is 41.0 Å². The van der Waals surface area contributed by atoms with Crippen LogP contribution >= 0.6 is 0 Å². The van der Waals surface area contributed by atoms with Crippen molar-refractivity contribution in [3.05, 3.63) is 0 Å². The van der Waals surface area contributed by atoms with Gasteiger partial charge < -0.3 is 9.80 Å². The van der Waals surface area contributed by atoms with Crippen molar-refractivity contribution in [3.8, 4) is 0 Å². The van der Waals surface area contributed by atoms with Crippen molar-refractivity contribution in [2.24, 2.45) is 0 Å². The number of nitrogens with zero attached hydrogens (tertiary/aromatic N) is 2. The molecule has 0 aromatic rings. The standard InChI is InChI=1S/C11H22N2O/c1-5-13(11(2,3)4)10(14)12-8-6-7-9-12/h5-9H2,1-4H3. The van der Waals surface area contributed by atoms with Gasteiger partial charge in [-0.05, 0) is 40.5 Å². The number of carbonyl (C=O) groups excluding carboxylic acids is 1. The van der Waals surface area contributed by atoms with E-state index in [-0.39, 0.29) is 11.6 Å². The summed E-state index contributed by atoms with van der Waals surface area (Å²) in [7, 11) is 0. The predicted molar refractivity (Wildman–Crippen MR) is 58.3 cm³/mol. The first-order valence-corrected chi connectivity index (χ1v) is 5.53. The number of likely N-dealkylation sites (tertiary alicyclic amines) is 1. The Kier molecular flexibility index (Phi) is 3.40. The van der Waals surface area contributed by atoms with Gasteiger partial charge in [0.2, 0.25) is 0 Å². The van der Waals surface area contributed by atoms with Gasteiger partial charge in [0.1, 0.15) is 0 Å². The predicted octanol–water partition coefficient (Wildman–Crippen LogP) is 2.32. The van der Waals surface area contributed by atoms with Crippen molar-refractivity contribution in [1.29, 1.82) is 0 Å². The van der Waals surface area contributed by atoms with Crippen molar-refractivity contribution in [2.75, 3.05) is 19.6 Å². The lowest BCUT2D eigenvalue weighted by Gasteiger charge is -2.37. The Morgan fingerprint density at radius 2 is 1.79 bits per heavy atom. The van der Waals surface area contributed by atoms with E-state index in [9.17, 15) is 4.79 Å². The zero-order valence-corrected chi connectivity index (χ0v) is 9.84. The molecule has 14 heavy (non-hydrogen) atoms. The SMILES string of the molecule is CCN(C(=O)N1CCCC1)C(C)(C)C. The van der Waals surface area contributed by atoms with Crippen LogP contribution in [0.5, 0.6) is 0 Å². The molecule has 82 valence electrons. The lowest BCUT2D eigenvalue weighted by molar-refractivity contribution is 0.120. The Hall–Kier alpha value is -0.730. The van der Waals surface area contributed by atoms with Crippen LogP contribution in [0.25, 0.3) is 0 Å². The second-order valence-corrected chi connectivity index (χ2v) is 4.89. The fraction of sp³-hybridized carbons (Fsp3) is 0.909. The van der Waals surface area contributed by atoms with Gasteiger partial charge in [0.05, 0.1) is 0 Å². The fourth-order valence-electron chi connectivity index (χ4n) is 1.98. The normalized spacial score (nSPS) is 17.3. The maximum absolute atomic E-state index is 12.1. The van der Waals surface area contributed by atoms with Crippen LogP contribution < -0.4 is 0 Å². The molecule has 0 N–H and O–H groups in total. The van der Waals surface area contributed by atoms with Gasteiger partial charge in [-0.25, -0.2) is 4.79 Å². The van der Waals surface area contributed by atoms with Crippen LogP contribution in [0.2, 0.25) is 0 Å². The van der Waals surface area contributed by atoms with Gasteiger partial charge in [-0.1, -0.05) is 0 Å². The number of hydrogen-bond donors (Lipinski definition) is 0. The van der Waals surface area contributed by atoms with Crippen LogP contribution in [-0.2, 0) is 0 Å². The molecule has 2 amide bonds. The Morgan fingerprint density at radius 3 is 2.14 bits per heavy atom. The number of hydrogen-bond acceptors (Lipinski definition) is 1. The second-order valence-electron chi connectivity index (χ2n) is 4.89. The van der Waals surface area contributed by atoms with Crippen LogP contribution in [0, 0.1) is 0 Å². The molecule has 0 spiro atoms. The Balaban J connectivity index is 2.64. The highest BCUT2D eigenvalue weighted by molar-refractivity contribution is 5.75. The molecular formula is C11H22N2O. The summed E-state index contributed by atoms with van der Waals surface area (Å²) >= 11 is 0. The summed E-state index contributed by atoms with van der Waals surface area (Å²) in [6.07, 6.45) is 2.32. The third kappa shape index (κ3) is 2.40. The molecule has 3 nitrogen and oxygen atoms in total. The van der Waals surface area contributed by atoms with Gasteiger partial charge in [-0.15, -0.1) is 0 Å². The van der Waals surface area contributed by atoms with E-state index in [1.54, 1.807) is 0 Å². The third-order valence-electron chi connectivity index (χ3n) is 2.73. The molecule has 1 aliphatic heterocycles. The summed E-state index contributed by atoms with van der Waals surface area (Å²) in [5, 5.41) is 0. The monoisotopic (exact) mass is 198 g/mol. The first-order chi connectivity index (χ1) is 6.46. The average molecular weight is 198 g/mol. The van der Waals surface area contributed by atoms with Crippen molar-refractivity contribution in [1.82, 2.24) is 9.80 Å². The van der Waals surface area contributed by atoms with E-state index in [2.05, 4.69) is 20.8 Å². The highest BCUT2D eigenvalue weighted by atomic mass is 16.2. The molecule has 0 unspecified atom stereocenters. The van der Waals surface area contributed by atoms with Gasteiger partial charge in [-0.3, -0.25) is 0 Å². The highest BCUT2D eigenvalue weighted by Gasteiger charge is 2.29. The fourth-order valence-corrected chi connectivity index (χ4v) is 1.98. The van der Waals surface area contributed by atoms with Crippen LogP contribution in [0.15, 0.2) is 0 Å².